The lowest BCUT2D eigenvalue weighted by atomic mass is 10.3. The van der Waals surface area contributed by atoms with Gasteiger partial charge in [0.15, 0.2) is 6.04 Å². The predicted molar refractivity (Wildman–Crippen MR) is 61.0 cm³/mol. The summed E-state index contributed by atoms with van der Waals surface area (Å²) in [5.41, 5.74) is 0. The molecule has 14 heavy (non-hydrogen) atoms. The zero-order valence-electron chi connectivity index (χ0n) is 8.11. The molecule has 0 heterocycles. The van der Waals surface area contributed by atoms with Crippen molar-refractivity contribution in [1.29, 1.82) is 0 Å². The summed E-state index contributed by atoms with van der Waals surface area (Å²) in [6.07, 6.45) is 7.92. The number of terminal acetylenes is 1. The summed E-state index contributed by atoms with van der Waals surface area (Å²) < 4.78 is 0. The van der Waals surface area contributed by atoms with Crippen LogP contribution in [0.4, 0.5) is 0 Å². The van der Waals surface area contributed by atoms with Gasteiger partial charge in [-0.15, -0.1) is 12.3 Å². The number of thioether (sulfide) groups is 1. The highest BCUT2D eigenvalue weighted by Crippen LogP contribution is 2.09. The second-order valence-electron chi connectivity index (χ2n) is 2.77. The molecular weight excluding hydrogens is 198 g/mol. The van der Waals surface area contributed by atoms with E-state index < -0.39 is 12.0 Å². The molecule has 0 aliphatic carbocycles. The first-order valence-electron chi connectivity index (χ1n) is 4.42. The molecule has 0 saturated heterocycles. The van der Waals surface area contributed by atoms with E-state index in [1.807, 2.05) is 0 Å². The maximum absolute atomic E-state index is 10.5. The Hall–Kier alpha value is -0.950. The molecule has 3 nitrogen and oxygen atoms in total. The zero-order chi connectivity index (χ0) is 10.8. The molecule has 1 unspecified atom stereocenters. The SMILES string of the molecule is C#CCCCCSCC(N=C)C(=O)O. The number of hydrogen-bond acceptors (Lipinski definition) is 3. The lowest BCUT2D eigenvalue weighted by molar-refractivity contribution is -0.137. The monoisotopic (exact) mass is 213 g/mol. The first-order chi connectivity index (χ1) is 6.72. The van der Waals surface area contributed by atoms with E-state index in [-0.39, 0.29) is 0 Å². The number of aliphatic carboxylic acids is 1. The molecule has 0 rings (SSSR count). The normalized spacial score (nSPS) is 11.6. The molecule has 0 aromatic rings. The number of carbonyl (C=O) groups is 1. The lowest BCUT2D eigenvalue weighted by Crippen LogP contribution is -2.20. The van der Waals surface area contributed by atoms with Gasteiger partial charge in [0.25, 0.3) is 0 Å². The molecule has 0 spiro atoms. The van der Waals surface area contributed by atoms with Crippen molar-refractivity contribution in [3.63, 3.8) is 0 Å². The summed E-state index contributed by atoms with van der Waals surface area (Å²) >= 11 is 1.58. The average molecular weight is 213 g/mol. The predicted octanol–water partition coefficient (Wildman–Crippen LogP) is 1.68. The Morgan fingerprint density at radius 2 is 2.36 bits per heavy atom. The molecule has 0 radical (unpaired) electrons. The van der Waals surface area contributed by atoms with E-state index in [0.717, 1.165) is 25.0 Å². The minimum Gasteiger partial charge on any atom is -0.480 e. The van der Waals surface area contributed by atoms with E-state index in [1.165, 1.54) is 0 Å². The number of unbranched alkanes of at least 4 members (excludes halogenated alkanes) is 2. The van der Waals surface area contributed by atoms with Crippen LogP contribution in [0, 0.1) is 12.3 Å². The number of aliphatic imine (C=N–C) groups is 1. The van der Waals surface area contributed by atoms with Crippen LogP contribution in [0.2, 0.25) is 0 Å². The second kappa shape index (κ2) is 8.64. The molecule has 0 amide bonds. The number of rotatable bonds is 8. The van der Waals surface area contributed by atoms with Crippen LogP contribution in [0.3, 0.4) is 0 Å². The number of hydrogen-bond donors (Lipinski definition) is 1. The first-order valence-corrected chi connectivity index (χ1v) is 5.57. The fourth-order valence-corrected chi connectivity index (χ4v) is 1.87. The maximum Gasteiger partial charge on any atom is 0.329 e. The van der Waals surface area contributed by atoms with Crippen LogP contribution in [-0.4, -0.2) is 35.3 Å². The Morgan fingerprint density at radius 3 is 2.86 bits per heavy atom. The number of carboxylic acids is 1. The fourth-order valence-electron chi connectivity index (χ4n) is 0.828. The summed E-state index contributed by atoms with van der Waals surface area (Å²) in [6, 6.07) is -0.673. The highest BCUT2D eigenvalue weighted by Gasteiger charge is 2.13. The third-order valence-corrected chi connectivity index (χ3v) is 2.77. The molecule has 4 heteroatoms. The van der Waals surface area contributed by atoms with Gasteiger partial charge in [0.2, 0.25) is 0 Å². The van der Waals surface area contributed by atoms with Crippen molar-refractivity contribution < 1.29 is 9.90 Å². The van der Waals surface area contributed by atoms with Crippen LogP contribution >= 0.6 is 11.8 Å². The smallest absolute Gasteiger partial charge is 0.329 e. The van der Waals surface area contributed by atoms with Gasteiger partial charge in [-0.2, -0.15) is 11.8 Å². The van der Waals surface area contributed by atoms with Gasteiger partial charge >= 0.3 is 5.97 Å². The zero-order valence-corrected chi connectivity index (χ0v) is 8.92. The molecule has 0 fully saturated rings. The minimum atomic E-state index is -0.906. The molecule has 0 aliphatic rings. The third kappa shape index (κ3) is 6.55. The summed E-state index contributed by atoms with van der Waals surface area (Å²) in [6.45, 7) is 3.24. The number of carboxylic acid groups (broad SMARTS) is 1. The van der Waals surface area contributed by atoms with Gasteiger partial charge in [0.05, 0.1) is 0 Å². The molecule has 0 bridgehead atoms. The first kappa shape index (κ1) is 13.1. The van der Waals surface area contributed by atoms with Crippen LogP contribution in [0.1, 0.15) is 19.3 Å². The summed E-state index contributed by atoms with van der Waals surface area (Å²) in [4.78, 5) is 14.0. The maximum atomic E-state index is 10.5. The fraction of sp³-hybridized carbons (Fsp3) is 0.600. The van der Waals surface area contributed by atoms with Crippen LogP contribution in [0.15, 0.2) is 4.99 Å². The van der Waals surface area contributed by atoms with Gasteiger partial charge < -0.3 is 5.11 Å². The van der Waals surface area contributed by atoms with Crippen LogP contribution in [0.5, 0.6) is 0 Å². The van der Waals surface area contributed by atoms with Crippen LogP contribution in [-0.2, 0) is 4.79 Å². The van der Waals surface area contributed by atoms with E-state index >= 15 is 0 Å². The summed E-state index contributed by atoms with van der Waals surface area (Å²) in [7, 11) is 0. The van der Waals surface area contributed by atoms with E-state index in [4.69, 9.17) is 11.5 Å². The Balaban J connectivity index is 3.39. The van der Waals surface area contributed by atoms with Crippen molar-refractivity contribution in [2.45, 2.75) is 25.3 Å². The van der Waals surface area contributed by atoms with Crippen molar-refractivity contribution in [3.8, 4) is 12.3 Å². The third-order valence-electron chi connectivity index (χ3n) is 1.64. The van der Waals surface area contributed by atoms with Crippen LogP contribution < -0.4 is 0 Å². The van der Waals surface area contributed by atoms with Gasteiger partial charge in [-0.1, -0.05) is 0 Å². The van der Waals surface area contributed by atoms with E-state index in [2.05, 4.69) is 17.6 Å². The Kier molecular flexibility index (Phi) is 8.05. The van der Waals surface area contributed by atoms with E-state index in [1.54, 1.807) is 11.8 Å². The molecular formula is C10H15NO2S. The lowest BCUT2D eigenvalue weighted by Gasteiger charge is -2.05. The van der Waals surface area contributed by atoms with Gasteiger partial charge in [-0.25, -0.2) is 4.79 Å². The molecule has 0 saturated carbocycles. The van der Waals surface area contributed by atoms with Gasteiger partial charge in [-0.3, -0.25) is 4.99 Å². The van der Waals surface area contributed by atoms with Gasteiger partial charge in [0.1, 0.15) is 0 Å². The van der Waals surface area contributed by atoms with E-state index in [0.29, 0.717) is 5.75 Å². The van der Waals surface area contributed by atoms with Crippen molar-refractivity contribution >= 4 is 24.4 Å². The molecule has 1 atom stereocenters. The van der Waals surface area contributed by atoms with Gasteiger partial charge in [0, 0.05) is 12.2 Å². The molecule has 0 aromatic heterocycles. The minimum absolute atomic E-state index is 0.495. The molecule has 78 valence electrons. The van der Waals surface area contributed by atoms with Crippen LogP contribution in [0.25, 0.3) is 0 Å². The quantitative estimate of drug-likeness (QED) is 0.379. The summed E-state index contributed by atoms with van der Waals surface area (Å²) in [5, 5.41) is 8.64. The standard InChI is InChI=1S/C10H15NO2S/c1-3-4-5-6-7-14-8-9(11-2)10(12)13/h1,9H,2,4-8H2,(H,12,13). The highest BCUT2D eigenvalue weighted by atomic mass is 32.2. The average Bonchev–Trinajstić information content (AvgIpc) is 2.16. The largest absolute Gasteiger partial charge is 0.480 e. The molecule has 0 aliphatic heterocycles. The van der Waals surface area contributed by atoms with Crippen molar-refractivity contribution in [3.05, 3.63) is 0 Å². The Labute approximate surface area is 89.0 Å². The molecule has 0 aromatic carbocycles. The van der Waals surface area contributed by atoms with E-state index in [9.17, 15) is 4.79 Å². The van der Waals surface area contributed by atoms with Crippen molar-refractivity contribution in [1.82, 2.24) is 0 Å². The molecule has 1 N–H and O–H groups in total. The van der Waals surface area contributed by atoms with Crippen molar-refractivity contribution in [2.24, 2.45) is 4.99 Å². The Morgan fingerprint density at radius 1 is 1.64 bits per heavy atom. The Bertz CT molecular complexity index is 223. The number of nitrogens with zero attached hydrogens (tertiary/aromatic N) is 1. The topological polar surface area (TPSA) is 49.7 Å². The highest BCUT2D eigenvalue weighted by molar-refractivity contribution is 7.99. The summed E-state index contributed by atoms with van der Waals surface area (Å²) in [5.74, 6) is 3.08. The second-order valence-corrected chi connectivity index (χ2v) is 3.92. The van der Waals surface area contributed by atoms with Gasteiger partial charge in [-0.05, 0) is 25.3 Å². The van der Waals surface area contributed by atoms with Crippen molar-refractivity contribution in [2.75, 3.05) is 11.5 Å².